The van der Waals surface area contributed by atoms with Crippen LogP contribution < -0.4 is 0 Å². The van der Waals surface area contributed by atoms with Crippen LogP contribution >= 0.6 is 0 Å². The molecule has 3 aliphatic rings. The molecule has 1 spiro atoms. The van der Waals surface area contributed by atoms with Crippen molar-refractivity contribution in [3.8, 4) is 0 Å². The Bertz CT molecular complexity index is 486. The normalized spacial score (nSPS) is 42.1. The molecule has 1 aliphatic carbocycles. The van der Waals surface area contributed by atoms with Crippen molar-refractivity contribution >= 4 is 11.8 Å². The van der Waals surface area contributed by atoms with Gasteiger partial charge in [0.1, 0.15) is 6.10 Å². The first-order valence-electron chi connectivity index (χ1n) is 6.72. The minimum Gasteiger partial charge on any atom is -0.429 e. The summed E-state index contributed by atoms with van der Waals surface area (Å²) < 4.78 is 11.3. The highest BCUT2D eigenvalue weighted by Gasteiger charge is 2.54. The van der Waals surface area contributed by atoms with Crippen molar-refractivity contribution in [1.29, 1.82) is 0 Å². The predicted octanol–water partition coefficient (Wildman–Crippen LogP) is 2.15. The zero-order valence-corrected chi connectivity index (χ0v) is 11.3. The van der Waals surface area contributed by atoms with E-state index in [1.165, 1.54) is 0 Å². The molecule has 0 radical (unpaired) electrons. The van der Waals surface area contributed by atoms with Gasteiger partial charge in [0.2, 0.25) is 5.79 Å². The third-order valence-electron chi connectivity index (χ3n) is 4.49. The number of hydrogen-bond acceptors (Lipinski definition) is 4. The summed E-state index contributed by atoms with van der Waals surface area (Å²) in [5, 5.41) is 0. The van der Waals surface area contributed by atoms with Gasteiger partial charge in [0.15, 0.2) is 5.78 Å². The molecule has 0 aromatic rings. The van der Waals surface area contributed by atoms with Crippen LogP contribution in [0.25, 0.3) is 0 Å². The average Bonchev–Trinajstić information content (AvgIpc) is 2.59. The maximum absolute atomic E-state index is 12.3. The molecule has 3 rings (SSSR count). The van der Waals surface area contributed by atoms with Gasteiger partial charge in [0.25, 0.3) is 0 Å². The summed E-state index contributed by atoms with van der Waals surface area (Å²) in [6.45, 7) is 7.61. The van der Waals surface area contributed by atoms with E-state index in [2.05, 4.69) is 13.5 Å². The molecule has 19 heavy (non-hydrogen) atoms. The molecule has 2 heterocycles. The maximum atomic E-state index is 12.3. The minimum atomic E-state index is -0.956. The lowest BCUT2D eigenvalue weighted by Gasteiger charge is -2.45. The fraction of sp³-hybridized carbons (Fsp3) is 0.600. The van der Waals surface area contributed by atoms with Gasteiger partial charge in [-0.3, -0.25) is 4.79 Å². The highest BCUT2D eigenvalue weighted by molar-refractivity contribution is 5.99. The Morgan fingerprint density at radius 1 is 1.42 bits per heavy atom. The van der Waals surface area contributed by atoms with E-state index in [0.717, 1.165) is 12.0 Å². The lowest BCUT2D eigenvalue weighted by molar-refractivity contribution is -0.268. The van der Waals surface area contributed by atoms with E-state index in [9.17, 15) is 9.59 Å². The monoisotopic (exact) mass is 262 g/mol. The maximum Gasteiger partial charge on any atom is 0.336 e. The van der Waals surface area contributed by atoms with Crippen LogP contribution in [0.5, 0.6) is 0 Å². The highest BCUT2D eigenvalue weighted by atomic mass is 16.7. The number of hydrogen-bond donors (Lipinski definition) is 0. The Balaban J connectivity index is 1.91. The molecule has 2 aliphatic heterocycles. The molecule has 0 N–H and O–H groups in total. The number of fused-ring (bicyclic) bond motifs is 1. The number of Topliss-reactive ketones (excluding diaryl/α,β-unsaturated/α-hetero) is 1. The van der Waals surface area contributed by atoms with Crippen LogP contribution in [0.15, 0.2) is 23.8 Å². The predicted molar refractivity (Wildman–Crippen MR) is 68.1 cm³/mol. The van der Waals surface area contributed by atoms with Gasteiger partial charge >= 0.3 is 5.97 Å². The van der Waals surface area contributed by atoms with E-state index >= 15 is 0 Å². The molecular weight excluding hydrogens is 244 g/mol. The lowest BCUT2D eigenvalue weighted by atomic mass is 9.73. The summed E-state index contributed by atoms with van der Waals surface area (Å²) in [6.07, 6.45) is 3.37. The zero-order chi connectivity index (χ0) is 13.8. The fourth-order valence-electron chi connectivity index (χ4n) is 3.40. The van der Waals surface area contributed by atoms with E-state index in [1.807, 2.05) is 13.0 Å². The number of ether oxygens (including phenoxy) is 2. The van der Waals surface area contributed by atoms with Gasteiger partial charge in [0, 0.05) is 18.4 Å². The Labute approximate surface area is 112 Å². The Hall–Kier alpha value is -1.42. The molecule has 4 heteroatoms. The minimum absolute atomic E-state index is 0.0238. The third-order valence-corrected chi connectivity index (χ3v) is 4.49. The number of rotatable bonds is 0. The number of allylic oxidation sites excluding steroid dienone is 1. The first-order chi connectivity index (χ1) is 8.92. The van der Waals surface area contributed by atoms with E-state index in [4.69, 9.17) is 9.47 Å². The van der Waals surface area contributed by atoms with Crippen molar-refractivity contribution in [1.82, 2.24) is 0 Å². The summed E-state index contributed by atoms with van der Waals surface area (Å²) in [5.41, 5.74) is 1.18. The van der Waals surface area contributed by atoms with Gasteiger partial charge in [-0.1, -0.05) is 19.6 Å². The molecule has 4 atom stereocenters. The summed E-state index contributed by atoms with van der Waals surface area (Å²) in [7, 11) is 0. The number of carbonyl (C=O) groups excluding carboxylic acids is 2. The molecule has 4 nitrogen and oxygen atoms in total. The standard InChI is InChI=1S/C15H18O4/c1-8-4-5-11-9(2)6-15(18-13(11)12(8)16)7-10(3)14(17)19-15/h4,9,11,13H,3,5-7H2,1-2H3/t9-,11+,13+,15+/m0/s1. The second kappa shape index (κ2) is 4.04. The van der Waals surface area contributed by atoms with Gasteiger partial charge in [-0.05, 0) is 30.8 Å². The van der Waals surface area contributed by atoms with Crippen molar-refractivity contribution in [2.45, 2.75) is 45.0 Å². The van der Waals surface area contributed by atoms with Gasteiger partial charge in [-0.25, -0.2) is 4.79 Å². The molecule has 0 aromatic carbocycles. The van der Waals surface area contributed by atoms with Crippen LogP contribution in [0.4, 0.5) is 0 Å². The lowest BCUT2D eigenvalue weighted by Crippen LogP contribution is -2.52. The number of ketones is 1. The quantitative estimate of drug-likeness (QED) is 0.496. The molecule has 102 valence electrons. The van der Waals surface area contributed by atoms with Crippen molar-refractivity contribution in [3.63, 3.8) is 0 Å². The third kappa shape index (κ3) is 1.86. The smallest absolute Gasteiger partial charge is 0.336 e. The van der Waals surface area contributed by atoms with Crippen molar-refractivity contribution in [3.05, 3.63) is 23.8 Å². The highest BCUT2D eigenvalue weighted by Crippen LogP contribution is 2.47. The fourth-order valence-corrected chi connectivity index (χ4v) is 3.40. The molecular formula is C15H18O4. The first kappa shape index (κ1) is 12.6. The van der Waals surface area contributed by atoms with Crippen LogP contribution in [-0.2, 0) is 19.1 Å². The number of esters is 1. The zero-order valence-electron chi connectivity index (χ0n) is 11.3. The van der Waals surface area contributed by atoms with E-state index < -0.39 is 17.9 Å². The second-order valence-corrected chi connectivity index (χ2v) is 5.95. The first-order valence-corrected chi connectivity index (χ1v) is 6.72. The molecule has 0 bridgehead atoms. The molecule has 0 aromatic heterocycles. The van der Waals surface area contributed by atoms with Crippen LogP contribution in [0.3, 0.4) is 0 Å². The molecule has 0 amide bonds. The molecule has 2 saturated heterocycles. The Morgan fingerprint density at radius 2 is 2.16 bits per heavy atom. The number of carbonyl (C=O) groups is 2. The second-order valence-electron chi connectivity index (χ2n) is 5.95. The largest absolute Gasteiger partial charge is 0.429 e. The van der Waals surface area contributed by atoms with E-state index in [1.54, 1.807) is 0 Å². The van der Waals surface area contributed by atoms with Crippen LogP contribution in [0.2, 0.25) is 0 Å². The summed E-state index contributed by atoms with van der Waals surface area (Å²) >= 11 is 0. The van der Waals surface area contributed by atoms with Gasteiger partial charge in [-0.15, -0.1) is 0 Å². The van der Waals surface area contributed by atoms with Gasteiger partial charge < -0.3 is 9.47 Å². The molecule has 2 fully saturated rings. The van der Waals surface area contributed by atoms with E-state index in [-0.39, 0.29) is 17.6 Å². The van der Waals surface area contributed by atoms with E-state index in [0.29, 0.717) is 18.4 Å². The Morgan fingerprint density at radius 3 is 2.79 bits per heavy atom. The van der Waals surface area contributed by atoms with Gasteiger partial charge in [-0.2, -0.15) is 0 Å². The molecule has 0 saturated carbocycles. The summed E-state index contributed by atoms with van der Waals surface area (Å²) in [4.78, 5) is 23.8. The Kier molecular flexibility index (Phi) is 2.68. The van der Waals surface area contributed by atoms with Crippen molar-refractivity contribution < 1.29 is 19.1 Å². The van der Waals surface area contributed by atoms with Crippen molar-refractivity contribution in [2.24, 2.45) is 11.8 Å². The molecule has 0 unspecified atom stereocenters. The summed E-state index contributed by atoms with van der Waals surface area (Å²) in [6, 6.07) is 0. The van der Waals surface area contributed by atoms with Crippen LogP contribution in [-0.4, -0.2) is 23.6 Å². The van der Waals surface area contributed by atoms with Crippen LogP contribution in [0, 0.1) is 11.8 Å². The van der Waals surface area contributed by atoms with Gasteiger partial charge in [0.05, 0.1) is 0 Å². The summed E-state index contributed by atoms with van der Waals surface area (Å²) in [5.74, 6) is -0.862. The SMILES string of the molecule is C=C1C[C@@]2(C[C@H](C)[C@H]3CC=C(C)C(=O)[C@@H]3O2)OC1=O. The average molecular weight is 262 g/mol. The van der Waals surface area contributed by atoms with Crippen LogP contribution in [0.1, 0.15) is 33.1 Å². The van der Waals surface area contributed by atoms with Crippen molar-refractivity contribution in [2.75, 3.05) is 0 Å². The topological polar surface area (TPSA) is 52.6 Å².